The fourth-order valence-corrected chi connectivity index (χ4v) is 2.72. The maximum Gasteiger partial charge on any atom is 0.282 e. The molecular formula is C16H16N4O2. The predicted molar refractivity (Wildman–Crippen MR) is 82.5 cm³/mol. The SMILES string of the molecule is COC(N)=NC1CCc2c(cccc2-c2cncnc2)C1=O. The van der Waals surface area contributed by atoms with E-state index >= 15 is 0 Å². The van der Waals surface area contributed by atoms with E-state index in [9.17, 15) is 4.79 Å². The molecule has 1 unspecified atom stereocenters. The number of methoxy groups -OCH3 is 1. The van der Waals surface area contributed by atoms with Gasteiger partial charge in [0.25, 0.3) is 6.02 Å². The number of ether oxygens (including phenoxy) is 1. The van der Waals surface area contributed by atoms with Gasteiger partial charge >= 0.3 is 0 Å². The Morgan fingerprint density at radius 1 is 1.32 bits per heavy atom. The summed E-state index contributed by atoms with van der Waals surface area (Å²) in [4.78, 5) is 24.8. The Balaban J connectivity index is 2.01. The number of nitrogens with zero attached hydrogens (tertiary/aromatic N) is 3. The molecule has 1 aliphatic rings. The number of carbonyl (C=O) groups excluding carboxylic acids is 1. The molecular weight excluding hydrogens is 280 g/mol. The molecule has 0 amide bonds. The molecule has 1 aromatic heterocycles. The molecule has 0 saturated carbocycles. The summed E-state index contributed by atoms with van der Waals surface area (Å²) in [6.07, 6.45) is 6.35. The van der Waals surface area contributed by atoms with E-state index in [4.69, 9.17) is 10.5 Å². The van der Waals surface area contributed by atoms with Gasteiger partial charge in [-0.15, -0.1) is 0 Å². The average Bonchev–Trinajstić information content (AvgIpc) is 2.57. The van der Waals surface area contributed by atoms with Crippen LogP contribution in [0.4, 0.5) is 0 Å². The number of ketones is 1. The van der Waals surface area contributed by atoms with Crippen LogP contribution in [0, 0.1) is 0 Å². The van der Waals surface area contributed by atoms with Crippen molar-refractivity contribution >= 4 is 11.8 Å². The molecule has 22 heavy (non-hydrogen) atoms. The summed E-state index contributed by atoms with van der Waals surface area (Å²) in [5.74, 6) is -0.0278. The molecule has 1 aliphatic carbocycles. The van der Waals surface area contributed by atoms with Crippen molar-refractivity contribution in [2.45, 2.75) is 18.9 Å². The first kappa shape index (κ1) is 14.2. The predicted octanol–water partition coefficient (Wildman–Crippen LogP) is 1.60. The van der Waals surface area contributed by atoms with Crippen LogP contribution in [0.1, 0.15) is 22.3 Å². The minimum atomic E-state index is -0.477. The highest BCUT2D eigenvalue weighted by Gasteiger charge is 2.29. The highest BCUT2D eigenvalue weighted by atomic mass is 16.5. The minimum absolute atomic E-state index is 0.0278. The van der Waals surface area contributed by atoms with Gasteiger partial charge in [-0.05, 0) is 24.0 Å². The highest BCUT2D eigenvalue weighted by Crippen LogP contribution is 2.31. The van der Waals surface area contributed by atoms with Crippen LogP contribution in [0.25, 0.3) is 11.1 Å². The molecule has 0 fully saturated rings. The van der Waals surface area contributed by atoms with Gasteiger partial charge in [0.15, 0.2) is 5.78 Å². The van der Waals surface area contributed by atoms with E-state index in [1.54, 1.807) is 12.4 Å². The van der Waals surface area contributed by atoms with Crippen molar-refractivity contribution in [3.63, 3.8) is 0 Å². The Hall–Kier alpha value is -2.76. The molecule has 2 N–H and O–H groups in total. The number of aliphatic imine (C=N–C) groups is 1. The molecule has 0 saturated heterocycles. The quantitative estimate of drug-likeness (QED) is 0.671. The summed E-state index contributed by atoms with van der Waals surface area (Å²) in [6, 6.07) is 5.24. The molecule has 0 bridgehead atoms. The molecule has 1 heterocycles. The van der Waals surface area contributed by atoms with Crippen LogP contribution in [0.5, 0.6) is 0 Å². The first-order valence-electron chi connectivity index (χ1n) is 6.99. The van der Waals surface area contributed by atoms with Crippen molar-refractivity contribution in [2.24, 2.45) is 10.7 Å². The summed E-state index contributed by atoms with van der Waals surface area (Å²) < 4.78 is 4.84. The molecule has 0 radical (unpaired) electrons. The zero-order valence-electron chi connectivity index (χ0n) is 12.2. The van der Waals surface area contributed by atoms with E-state index in [-0.39, 0.29) is 11.8 Å². The second-order valence-corrected chi connectivity index (χ2v) is 5.05. The van der Waals surface area contributed by atoms with Crippen molar-refractivity contribution in [2.75, 3.05) is 7.11 Å². The lowest BCUT2D eigenvalue weighted by molar-refractivity contribution is 0.0948. The number of benzene rings is 1. The van der Waals surface area contributed by atoms with Crippen molar-refractivity contribution < 1.29 is 9.53 Å². The number of carbonyl (C=O) groups is 1. The lowest BCUT2D eigenvalue weighted by Gasteiger charge is -2.23. The van der Waals surface area contributed by atoms with Crippen molar-refractivity contribution in [1.29, 1.82) is 0 Å². The third-order valence-corrected chi connectivity index (χ3v) is 3.78. The molecule has 0 aliphatic heterocycles. The summed E-state index contributed by atoms with van der Waals surface area (Å²) in [6.45, 7) is 0. The second kappa shape index (κ2) is 5.93. The van der Waals surface area contributed by atoms with Crippen LogP contribution in [0.15, 0.2) is 41.9 Å². The fourth-order valence-electron chi connectivity index (χ4n) is 2.72. The summed E-state index contributed by atoms with van der Waals surface area (Å²) in [5.41, 5.74) is 9.17. The summed E-state index contributed by atoms with van der Waals surface area (Å²) in [7, 11) is 1.44. The smallest absolute Gasteiger partial charge is 0.282 e. The second-order valence-electron chi connectivity index (χ2n) is 5.05. The number of amidine groups is 1. The standard InChI is InChI=1S/C16H16N4O2/c1-22-16(17)20-14-6-5-12-11(10-7-18-9-19-8-10)3-2-4-13(12)15(14)21/h2-4,7-9,14H,5-6H2,1H3,(H2,17,20). The van der Waals surface area contributed by atoms with Crippen LogP contribution >= 0.6 is 0 Å². The van der Waals surface area contributed by atoms with Gasteiger partial charge < -0.3 is 10.5 Å². The Kier molecular flexibility index (Phi) is 3.82. The van der Waals surface area contributed by atoms with Crippen molar-refractivity contribution in [1.82, 2.24) is 9.97 Å². The van der Waals surface area contributed by atoms with Crippen LogP contribution < -0.4 is 5.73 Å². The third-order valence-electron chi connectivity index (χ3n) is 3.78. The van der Waals surface area contributed by atoms with E-state index in [1.807, 2.05) is 18.2 Å². The lowest BCUT2D eigenvalue weighted by Crippen LogP contribution is -2.29. The van der Waals surface area contributed by atoms with E-state index in [0.29, 0.717) is 12.0 Å². The van der Waals surface area contributed by atoms with Gasteiger partial charge in [0, 0.05) is 23.5 Å². The normalized spacial score (nSPS) is 18.0. The van der Waals surface area contributed by atoms with Gasteiger partial charge in [0.2, 0.25) is 0 Å². The Bertz CT molecular complexity index is 728. The molecule has 1 aromatic carbocycles. The first-order chi connectivity index (χ1) is 10.7. The van der Waals surface area contributed by atoms with Gasteiger partial charge in [0.1, 0.15) is 12.4 Å². The number of rotatable bonds is 2. The van der Waals surface area contributed by atoms with E-state index in [2.05, 4.69) is 15.0 Å². The van der Waals surface area contributed by atoms with Crippen molar-refractivity contribution in [3.05, 3.63) is 48.0 Å². The molecule has 3 rings (SSSR count). The van der Waals surface area contributed by atoms with Crippen molar-refractivity contribution in [3.8, 4) is 11.1 Å². The van der Waals surface area contributed by atoms with Crippen LogP contribution in [-0.2, 0) is 11.2 Å². The van der Waals surface area contributed by atoms with Gasteiger partial charge in [-0.25, -0.2) is 15.0 Å². The fraction of sp³-hybridized carbons (Fsp3) is 0.250. The summed E-state index contributed by atoms with van der Waals surface area (Å²) in [5, 5.41) is 0. The van der Waals surface area contributed by atoms with E-state index in [0.717, 1.165) is 23.1 Å². The number of hydrogen-bond donors (Lipinski definition) is 1. The Morgan fingerprint density at radius 2 is 2.05 bits per heavy atom. The number of aromatic nitrogens is 2. The largest absolute Gasteiger partial charge is 0.469 e. The van der Waals surface area contributed by atoms with Gasteiger partial charge in [-0.3, -0.25) is 4.79 Å². The zero-order chi connectivity index (χ0) is 15.5. The molecule has 0 spiro atoms. The molecule has 6 nitrogen and oxygen atoms in total. The monoisotopic (exact) mass is 296 g/mol. The molecule has 112 valence electrons. The van der Waals surface area contributed by atoms with Crippen LogP contribution in [0.3, 0.4) is 0 Å². The van der Waals surface area contributed by atoms with Gasteiger partial charge in [0.05, 0.1) is 7.11 Å². The topological polar surface area (TPSA) is 90.5 Å². The Labute approximate surface area is 128 Å². The van der Waals surface area contributed by atoms with Crippen LogP contribution in [-0.4, -0.2) is 34.9 Å². The number of hydrogen-bond acceptors (Lipinski definition) is 5. The van der Waals surface area contributed by atoms with E-state index < -0.39 is 6.04 Å². The molecule has 1 atom stereocenters. The first-order valence-corrected chi connectivity index (χ1v) is 6.99. The van der Waals surface area contributed by atoms with Gasteiger partial charge in [-0.1, -0.05) is 18.2 Å². The molecule has 2 aromatic rings. The maximum absolute atomic E-state index is 12.6. The number of nitrogens with two attached hydrogens (primary N) is 1. The van der Waals surface area contributed by atoms with Crippen LogP contribution in [0.2, 0.25) is 0 Å². The molecule has 6 heteroatoms. The van der Waals surface area contributed by atoms with Gasteiger partial charge in [-0.2, -0.15) is 0 Å². The van der Waals surface area contributed by atoms with E-state index in [1.165, 1.54) is 13.4 Å². The lowest BCUT2D eigenvalue weighted by atomic mass is 9.83. The minimum Gasteiger partial charge on any atom is -0.469 e. The number of Topliss-reactive ketones (excluding diaryl/α,β-unsaturated/α-hetero) is 1. The maximum atomic E-state index is 12.6. The Morgan fingerprint density at radius 3 is 2.77 bits per heavy atom. The highest BCUT2D eigenvalue weighted by molar-refractivity contribution is 6.04. The zero-order valence-corrected chi connectivity index (χ0v) is 12.2. The third kappa shape index (κ3) is 2.55. The number of fused-ring (bicyclic) bond motifs is 1. The summed E-state index contributed by atoms with van der Waals surface area (Å²) >= 11 is 0. The average molecular weight is 296 g/mol.